The summed E-state index contributed by atoms with van der Waals surface area (Å²) in [6.07, 6.45) is 3.60. The molecule has 0 fully saturated rings. The number of nitrogens with zero attached hydrogens (tertiary/aromatic N) is 1. The number of aryl methyl sites for hydroxylation is 1. The monoisotopic (exact) mass is 251 g/mol. The van der Waals surface area contributed by atoms with Gasteiger partial charge in [0.25, 0.3) is 0 Å². The van der Waals surface area contributed by atoms with E-state index in [-0.39, 0.29) is 0 Å². The van der Waals surface area contributed by atoms with Crippen molar-refractivity contribution >= 4 is 11.5 Å². The van der Waals surface area contributed by atoms with Crippen molar-refractivity contribution in [1.29, 1.82) is 0 Å². The molecule has 0 atom stereocenters. The van der Waals surface area contributed by atoms with Gasteiger partial charge in [-0.1, -0.05) is 30.3 Å². The molecule has 0 spiro atoms. The van der Waals surface area contributed by atoms with Crippen LogP contribution in [0.4, 0.5) is 0 Å². The lowest BCUT2D eigenvalue weighted by atomic mass is 10.0. The second-order valence-corrected chi connectivity index (χ2v) is 4.60. The molecule has 0 aliphatic rings. The summed E-state index contributed by atoms with van der Waals surface area (Å²) in [6, 6.07) is 13.8. The van der Waals surface area contributed by atoms with E-state index in [1.165, 1.54) is 5.56 Å². The van der Waals surface area contributed by atoms with E-state index < -0.39 is 5.97 Å². The third-order valence-corrected chi connectivity index (χ3v) is 3.29. The number of carbonyl (C=O) groups is 1. The van der Waals surface area contributed by atoms with Gasteiger partial charge in [-0.15, -0.1) is 0 Å². The molecule has 0 radical (unpaired) electrons. The summed E-state index contributed by atoms with van der Waals surface area (Å²) >= 11 is 0. The number of rotatable bonds is 2. The van der Waals surface area contributed by atoms with Crippen molar-refractivity contribution in [3.05, 3.63) is 66.0 Å². The average molecular weight is 251 g/mol. The highest BCUT2D eigenvalue weighted by Gasteiger charge is 2.07. The van der Waals surface area contributed by atoms with Gasteiger partial charge in [-0.3, -0.25) is 0 Å². The van der Waals surface area contributed by atoms with Gasteiger partial charge in [0.1, 0.15) is 0 Å². The lowest BCUT2D eigenvalue weighted by Gasteiger charge is -2.06. The molecule has 0 aliphatic carbocycles. The molecule has 1 N–H and O–H groups in total. The maximum absolute atomic E-state index is 11.0. The molecule has 0 saturated carbocycles. The number of fused-ring (bicyclic) bond motifs is 1. The van der Waals surface area contributed by atoms with E-state index in [0.717, 1.165) is 16.6 Å². The van der Waals surface area contributed by atoms with Crippen molar-refractivity contribution in [2.75, 3.05) is 0 Å². The van der Waals surface area contributed by atoms with Crippen LogP contribution in [-0.2, 0) is 0 Å². The van der Waals surface area contributed by atoms with Crippen LogP contribution in [0.2, 0.25) is 0 Å². The molecule has 0 saturated heterocycles. The molecular weight excluding hydrogens is 238 g/mol. The number of benzene rings is 1. The first kappa shape index (κ1) is 11.5. The van der Waals surface area contributed by atoms with Crippen molar-refractivity contribution in [3.63, 3.8) is 0 Å². The topological polar surface area (TPSA) is 41.7 Å². The fraction of sp³-hybridized carbons (Fsp3) is 0.0625. The van der Waals surface area contributed by atoms with Gasteiger partial charge >= 0.3 is 5.97 Å². The highest BCUT2D eigenvalue weighted by molar-refractivity contribution is 5.89. The molecule has 94 valence electrons. The van der Waals surface area contributed by atoms with Gasteiger partial charge in [0.05, 0.1) is 5.56 Å². The van der Waals surface area contributed by atoms with Crippen LogP contribution in [-0.4, -0.2) is 15.5 Å². The minimum Gasteiger partial charge on any atom is -0.478 e. The smallest absolute Gasteiger partial charge is 0.337 e. The molecule has 3 rings (SSSR count). The predicted octanol–water partition coefficient (Wildman–Crippen LogP) is 3.61. The number of aromatic carboxylic acids is 1. The Morgan fingerprint density at radius 3 is 2.63 bits per heavy atom. The summed E-state index contributed by atoms with van der Waals surface area (Å²) in [7, 11) is 0. The van der Waals surface area contributed by atoms with Crippen LogP contribution in [0, 0.1) is 6.92 Å². The Morgan fingerprint density at radius 1 is 1.11 bits per heavy atom. The second-order valence-electron chi connectivity index (χ2n) is 4.60. The standard InChI is InChI=1S/C16H13NO2/c1-11-4-2-3-5-15(11)12-6-7-14-8-13(16(18)19)10-17(14)9-12/h2-10H,1H3,(H,18,19). The Labute approximate surface area is 110 Å². The molecule has 3 heteroatoms. The van der Waals surface area contributed by atoms with Crippen molar-refractivity contribution in [1.82, 2.24) is 4.40 Å². The summed E-state index contributed by atoms with van der Waals surface area (Å²) in [4.78, 5) is 11.0. The van der Waals surface area contributed by atoms with Gasteiger partial charge in [-0.25, -0.2) is 4.79 Å². The number of carboxylic acids is 1. The predicted molar refractivity (Wildman–Crippen MR) is 74.5 cm³/mol. The fourth-order valence-electron chi connectivity index (χ4n) is 2.28. The normalized spacial score (nSPS) is 10.8. The van der Waals surface area contributed by atoms with Gasteiger partial charge in [0.2, 0.25) is 0 Å². The van der Waals surface area contributed by atoms with E-state index >= 15 is 0 Å². The largest absolute Gasteiger partial charge is 0.478 e. The average Bonchev–Trinajstić information content (AvgIpc) is 2.82. The Morgan fingerprint density at radius 2 is 1.89 bits per heavy atom. The third kappa shape index (κ3) is 1.99. The summed E-state index contributed by atoms with van der Waals surface area (Å²) < 4.78 is 1.85. The Bertz CT molecular complexity index is 771. The van der Waals surface area contributed by atoms with Crippen LogP contribution in [0.15, 0.2) is 54.9 Å². The van der Waals surface area contributed by atoms with Crippen molar-refractivity contribution in [2.45, 2.75) is 6.92 Å². The van der Waals surface area contributed by atoms with E-state index in [0.29, 0.717) is 5.56 Å². The maximum Gasteiger partial charge on any atom is 0.337 e. The van der Waals surface area contributed by atoms with Crippen LogP contribution in [0.1, 0.15) is 15.9 Å². The van der Waals surface area contributed by atoms with Gasteiger partial charge in [-0.05, 0) is 35.7 Å². The molecule has 0 aliphatic heterocycles. The van der Waals surface area contributed by atoms with Crippen LogP contribution >= 0.6 is 0 Å². The molecular formula is C16H13NO2. The van der Waals surface area contributed by atoms with E-state index in [1.54, 1.807) is 12.3 Å². The SMILES string of the molecule is Cc1ccccc1-c1ccc2cc(C(=O)O)cn2c1. The number of hydrogen-bond acceptors (Lipinski definition) is 1. The molecule has 1 aromatic carbocycles. The van der Waals surface area contributed by atoms with Gasteiger partial charge in [0, 0.05) is 17.9 Å². The van der Waals surface area contributed by atoms with Gasteiger partial charge in [0.15, 0.2) is 0 Å². The van der Waals surface area contributed by atoms with E-state index in [4.69, 9.17) is 5.11 Å². The Balaban J connectivity index is 2.16. The highest BCUT2D eigenvalue weighted by Crippen LogP contribution is 2.24. The van der Waals surface area contributed by atoms with E-state index in [1.807, 2.05) is 34.9 Å². The Hall–Kier alpha value is -2.55. The van der Waals surface area contributed by atoms with Crippen LogP contribution < -0.4 is 0 Å². The first-order valence-electron chi connectivity index (χ1n) is 6.06. The zero-order chi connectivity index (χ0) is 13.4. The molecule has 2 heterocycles. The number of aromatic nitrogens is 1. The third-order valence-electron chi connectivity index (χ3n) is 3.29. The van der Waals surface area contributed by atoms with E-state index in [2.05, 4.69) is 19.1 Å². The van der Waals surface area contributed by atoms with Crippen LogP contribution in [0.5, 0.6) is 0 Å². The lowest BCUT2D eigenvalue weighted by Crippen LogP contribution is -1.92. The summed E-state index contributed by atoms with van der Waals surface area (Å²) in [5.41, 5.74) is 4.64. The zero-order valence-electron chi connectivity index (χ0n) is 10.5. The first-order chi connectivity index (χ1) is 9.15. The fourth-order valence-corrected chi connectivity index (χ4v) is 2.28. The highest BCUT2D eigenvalue weighted by atomic mass is 16.4. The molecule has 0 bridgehead atoms. The minimum absolute atomic E-state index is 0.307. The summed E-state index contributed by atoms with van der Waals surface area (Å²) in [5, 5.41) is 9.00. The lowest BCUT2D eigenvalue weighted by molar-refractivity contribution is 0.0697. The second kappa shape index (κ2) is 4.28. The first-order valence-corrected chi connectivity index (χ1v) is 6.06. The quantitative estimate of drug-likeness (QED) is 0.756. The van der Waals surface area contributed by atoms with Crippen molar-refractivity contribution in [2.24, 2.45) is 0 Å². The van der Waals surface area contributed by atoms with Crippen molar-refractivity contribution < 1.29 is 9.90 Å². The molecule has 19 heavy (non-hydrogen) atoms. The summed E-state index contributed by atoms with van der Waals surface area (Å²) in [6.45, 7) is 2.07. The van der Waals surface area contributed by atoms with Gasteiger partial charge in [-0.2, -0.15) is 0 Å². The van der Waals surface area contributed by atoms with Crippen molar-refractivity contribution in [3.8, 4) is 11.1 Å². The number of carboxylic acid groups (broad SMARTS) is 1. The molecule has 3 nitrogen and oxygen atoms in total. The van der Waals surface area contributed by atoms with Crippen LogP contribution in [0.25, 0.3) is 16.6 Å². The molecule has 0 amide bonds. The molecule has 3 aromatic rings. The van der Waals surface area contributed by atoms with Crippen LogP contribution in [0.3, 0.4) is 0 Å². The number of pyridine rings is 1. The van der Waals surface area contributed by atoms with Gasteiger partial charge < -0.3 is 9.51 Å². The number of hydrogen-bond donors (Lipinski definition) is 1. The minimum atomic E-state index is -0.902. The molecule has 2 aromatic heterocycles. The molecule has 0 unspecified atom stereocenters. The summed E-state index contributed by atoms with van der Waals surface area (Å²) in [5.74, 6) is -0.902. The maximum atomic E-state index is 11.0. The zero-order valence-corrected chi connectivity index (χ0v) is 10.5. The Kier molecular flexibility index (Phi) is 2.60. The van der Waals surface area contributed by atoms with E-state index in [9.17, 15) is 4.79 Å².